The number of carbonyl (C=O) groups is 1. The number of morpholine rings is 1. The Morgan fingerprint density at radius 2 is 1.90 bits per heavy atom. The van der Waals surface area contributed by atoms with Crippen molar-refractivity contribution < 1.29 is 19.0 Å². The lowest BCUT2D eigenvalue weighted by molar-refractivity contribution is -0.166. The first-order chi connectivity index (χ1) is 19.1. The van der Waals surface area contributed by atoms with Gasteiger partial charge >= 0.3 is 5.97 Å². The summed E-state index contributed by atoms with van der Waals surface area (Å²) in [5.74, 6) is -0.404. The third-order valence-corrected chi connectivity index (χ3v) is 8.19. The summed E-state index contributed by atoms with van der Waals surface area (Å²) in [6, 6.07) is 20.1. The molecule has 6 nitrogen and oxygen atoms in total. The van der Waals surface area contributed by atoms with E-state index in [1.807, 2.05) is 77.1 Å². The van der Waals surface area contributed by atoms with E-state index < -0.39 is 17.7 Å². The highest BCUT2D eigenvalue weighted by atomic mass is 35.5. The van der Waals surface area contributed by atoms with Crippen molar-refractivity contribution >= 4 is 44.3 Å². The fourth-order valence-electron chi connectivity index (χ4n) is 5.06. The van der Waals surface area contributed by atoms with E-state index in [4.69, 9.17) is 30.8 Å². The molecule has 40 heavy (non-hydrogen) atoms. The van der Waals surface area contributed by atoms with Crippen molar-refractivity contribution in [3.8, 4) is 11.1 Å². The highest BCUT2D eigenvalue weighted by molar-refractivity contribution is 7.22. The van der Waals surface area contributed by atoms with Crippen molar-refractivity contribution in [2.45, 2.75) is 52.4 Å². The molecule has 2 atom stereocenters. The van der Waals surface area contributed by atoms with Crippen LogP contribution in [0.2, 0.25) is 5.02 Å². The Balaban J connectivity index is 1.65. The quantitative estimate of drug-likeness (QED) is 0.208. The molecule has 0 saturated carbocycles. The van der Waals surface area contributed by atoms with Crippen LogP contribution in [-0.2, 0) is 19.0 Å². The predicted octanol–water partition coefficient (Wildman–Crippen LogP) is 7.92. The normalized spacial score (nSPS) is 16.8. The van der Waals surface area contributed by atoms with E-state index >= 15 is 0 Å². The number of benzene rings is 3. The first-order valence-corrected chi connectivity index (χ1v) is 14.8. The van der Waals surface area contributed by atoms with Crippen LogP contribution in [0, 0.1) is 6.92 Å². The lowest BCUT2D eigenvalue weighted by Crippen LogP contribution is -2.38. The number of carbonyl (C=O) groups excluding carboxylic acids is 1. The molecule has 0 radical (unpaired) electrons. The minimum Gasteiger partial charge on any atom is -0.464 e. The molecule has 0 spiro atoms. The van der Waals surface area contributed by atoms with Crippen LogP contribution in [0.4, 0.5) is 5.13 Å². The van der Waals surface area contributed by atoms with Gasteiger partial charge < -0.3 is 19.1 Å². The van der Waals surface area contributed by atoms with Gasteiger partial charge in [0.05, 0.1) is 35.6 Å². The lowest BCUT2D eigenvalue weighted by Gasteiger charge is -2.32. The molecule has 2 heterocycles. The molecule has 0 aliphatic carbocycles. The minimum atomic E-state index is -0.897. The fraction of sp³-hybridized carbons (Fsp3) is 0.375. The Morgan fingerprint density at radius 1 is 1.18 bits per heavy atom. The number of aryl methyl sites for hydroxylation is 1. The summed E-state index contributed by atoms with van der Waals surface area (Å²) in [5, 5.41) is 1.57. The van der Waals surface area contributed by atoms with Gasteiger partial charge in [-0.3, -0.25) is 0 Å². The van der Waals surface area contributed by atoms with Crippen LogP contribution < -0.4 is 4.90 Å². The molecule has 1 aromatic heterocycles. The number of anilines is 1. The van der Waals surface area contributed by atoms with Gasteiger partial charge in [0.2, 0.25) is 0 Å². The average Bonchev–Trinajstić information content (AvgIpc) is 3.35. The van der Waals surface area contributed by atoms with E-state index in [2.05, 4.69) is 23.1 Å². The summed E-state index contributed by atoms with van der Waals surface area (Å²) < 4.78 is 19.0. The van der Waals surface area contributed by atoms with Crippen molar-refractivity contribution in [2.75, 3.05) is 31.2 Å². The summed E-state index contributed by atoms with van der Waals surface area (Å²) in [6.07, 6.45) is -0.921. The zero-order chi connectivity index (χ0) is 28.4. The summed E-state index contributed by atoms with van der Waals surface area (Å²) in [5.41, 5.74) is 5.04. The molecule has 4 aromatic rings. The van der Waals surface area contributed by atoms with Gasteiger partial charge in [0, 0.05) is 22.7 Å². The van der Waals surface area contributed by atoms with Crippen molar-refractivity contribution in [3.05, 3.63) is 82.4 Å². The Labute approximate surface area is 244 Å². The molecule has 1 aliphatic rings. The summed E-state index contributed by atoms with van der Waals surface area (Å²) >= 11 is 7.90. The molecular formula is C32H35ClN2O4S. The molecule has 2 unspecified atom stereocenters. The van der Waals surface area contributed by atoms with Crippen LogP contribution in [0.1, 0.15) is 56.6 Å². The van der Waals surface area contributed by atoms with Crippen LogP contribution in [0.25, 0.3) is 21.3 Å². The number of nitrogens with zero attached hydrogens (tertiary/aromatic N) is 2. The molecule has 0 amide bonds. The van der Waals surface area contributed by atoms with Crippen LogP contribution in [-0.4, -0.2) is 42.9 Å². The monoisotopic (exact) mass is 578 g/mol. The smallest absolute Gasteiger partial charge is 0.339 e. The number of rotatable bonds is 7. The zero-order valence-corrected chi connectivity index (χ0v) is 25.1. The van der Waals surface area contributed by atoms with E-state index in [0.717, 1.165) is 49.7 Å². The number of fused-ring (bicyclic) bond motifs is 1. The molecular weight excluding hydrogens is 544 g/mol. The Bertz CT molecular complexity index is 1480. The van der Waals surface area contributed by atoms with Crippen LogP contribution in [0.5, 0.6) is 0 Å². The van der Waals surface area contributed by atoms with Gasteiger partial charge in [-0.2, -0.15) is 0 Å². The predicted molar refractivity (Wildman–Crippen MR) is 162 cm³/mol. The molecule has 5 rings (SSSR count). The summed E-state index contributed by atoms with van der Waals surface area (Å²) in [4.78, 5) is 20.8. The Hall–Kier alpha value is -2.97. The van der Waals surface area contributed by atoms with Crippen LogP contribution in [0.3, 0.4) is 0 Å². The van der Waals surface area contributed by atoms with Crippen LogP contribution >= 0.6 is 22.9 Å². The van der Waals surface area contributed by atoms with Crippen molar-refractivity contribution in [1.82, 2.24) is 4.98 Å². The second-order valence-corrected chi connectivity index (χ2v) is 12.3. The topological polar surface area (TPSA) is 60.9 Å². The second kappa shape index (κ2) is 11.9. The van der Waals surface area contributed by atoms with E-state index in [9.17, 15) is 4.79 Å². The Kier molecular flexibility index (Phi) is 8.47. The second-order valence-electron chi connectivity index (χ2n) is 10.9. The molecule has 0 bridgehead atoms. The fourth-order valence-corrected chi connectivity index (χ4v) is 6.35. The van der Waals surface area contributed by atoms with Gasteiger partial charge in [-0.15, -0.1) is 0 Å². The van der Waals surface area contributed by atoms with Crippen molar-refractivity contribution in [3.63, 3.8) is 0 Å². The maximum absolute atomic E-state index is 13.4. The van der Waals surface area contributed by atoms with Gasteiger partial charge in [-0.05, 0) is 69.5 Å². The highest BCUT2D eigenvalue weighted by Crippen LogP contribution is 2.45. The SMILES string of the molecule is CCOC(=O)C(OC(C)(C)C)c1c(C)cc2nc(N3CCOC(c4ccccc4)C3)sc2c1-c1ccc(Cl)cc1. The molecule has 8 heteroatoms. The third kappa shape index (κ3) is 6.18. The Morgan fingerprint density at radius 3 is 2.58 bits per heavy atom. The zero-order valence-electron chi connectivity index (χ0n) is 23.6. The maximum Gasteiger partial charge on any atom is 0.339 e. The number of hydrogen-bond acceptors (Lipinski definition) is 7. The lowest BCUT2D eigenvalue weighted by atomic mass is 9.91. The van der Waals surface area contributed by atoms with E-state index in [1.165, 1.54) is 0 Å². The molecule has 210 valence electrons. The maximum atomic E-state index is 13.4. The molecule has 1 saturated heterocycles. The summed E-state index contributed by atoms with van der Waals surface area (Å²) in [6.45, 7) is 12.0. The third-order valence-electron chi connectivity index (χ3n) is 6.79. The van der Waals surface area contributed by atoms with Gasteiger partial charge in [-0.1, -0.05) is 65.4 Å². The molecule has 3 aromatic carbocycles. The van der Waals surface area contributed by atoms with Crippen molar-refractivity contribution in [2.24, 2.45) is 0 Å². The first-order valence-electron chi connectivity index (χ1n) is 13.6. The van der Waals surface area contributed by atoms with E-state index in [-0.39, 0.29) is 12.7 Å². The molecule has 0 N–H and O–H groups in total. The number of ether oxygens (including phenoxy) is 3. The largest absolute Gasteiger partial charge is 0.464 e. The van der Waals surface area contributed by atoms with E-state index in [1.54, 1.807) is 11.3 Å². The number of hydrogen-bond donors (Lipinski definition) is 0. The average molecular weight is 579 g/mol. The van der Waals surface area contributed by atoms with Gasteiger partial charge in [0.15, 0.2) is 11.2 Å². The number of esters is 1. The van der Waals surface area contributed by atoms with Gasteiger partial charge in [0.1, 0.15) is 6.10 Å². The van der Waals surface area contributed by atoms with Gasteiger partial charge in [0.25, 0.3) is 0 Å². The first kappa shape index (κ1) is 28.6. The molecule has 1 aliphatic heterocycles. The van der Waals surface area contributed by atoms with Gasteiger partial charge in [-0.25, -0.2) is 9.78 Å². The molecule has 1 fully saturated rings. The van der Waals surface area contributed by atoms with Crippen LogP contribution in [0.15, 0.2) is 60.7 Å². The standard InChI is InChI=1S/C32H35ClN2O4S/c1-6-37-30(36)28(39-32(3,4)5)26-20(2)18-24-29(27(26)22-12-14-23(33)15-13-22)40-31(34-24)35-16-17-38-25(19-35)21-10-8-7-9-11-21/h7-15,18,25,28H,6,16-17,19H2,1-5H3. The van der Waals surface area contributed by atoms with Crippen molar-refractivity contribution in [1.29, 1.82) is 0 Å². The highest BCUT2D eigenvalue weighted by Gasteiger charge is 2.34. The van der Waals surface area contributed by atoms with E-state index in [0.29, 0.717) is 18.2 Å². The number of halogens is 1. The minimum absolute atomic E-state index is 0.0247. The number of aromatic nitrogens is 1. The number of thiazole rings is 1. The summed E-state index contributed by atoms with van der Waals surface area (Å²) in [7, 11) is 0.